The number of carboxylic acid groups (broad SMARTS) is 1. The first-order valence-corrected chi connectivity index (χ1v) is 5.62. The predicted molar refractivity (Wildman–Crippen MR) is 64.4 cm³/mol. The van der Waals surface area contributed by atoms with Crippen LogP contribution in [0.25, 0.3) is 0 Å². The molecule has 1 saturated heterocycles. The summed E-state index contributed by atoms with van der Waals surface area (Å²) in [5, 5.41) is 11.5. The maximum atomic E-state index is 10.1. The highest BCUT2D eigenvalue weighted by Crippen LogP contribution is 2.10. The van der Waals surface area contributed by atoms with E-state index in [-0.39, 0.29) is 0 Å². The molecule has 1 aromatic carbocycles. The summed E-state index contributed by atoms with van der Waals surface area (Å²) < 4.78 is 0. The monoisotopic (exact) mass is 221 g/mol. The number of nitrogens with one attached hydrogen (secondary N) is 1. The van der Waals surface area contributed by atoms with Crippen LogP contribution in [-0.2, 0) is 4.79 Å². The van der Waals surface area contributed by atoms with E-state index in [9.17, 15) is 4.79 Å². The summed E-state index contributed by atoms with van der Waals surface area (Å²) in [5.74, 6) is -0.300. The van der Waals surface area contributed by atoms with Crippen molar-refractivity contribution in [1.82, 2.24) is 5.32 Å². The van der Waals surface area contributed by atoms with Gasteiger partial charge in [0.1, 0.15) is 0 Å². The third kappa shape index (κ3) is 5.51. The number of benzene rings is 1. The van der Waals surface area contributed by atoms with Gasteiger partial charge < -0.3 is 10.4 Å². The summed E-state index contributed by atoms with van der Waals surface area (Å²) in [5.41, 5.74) is 1.32. The lowest BCUT2D eigenvalue weighted by Crippen LogP contribution is -2.11. The molecule has 2 N–H and O–H groups in total. The molecule has 0 aliphatic carbocycles. The SMILES string of the molecule is Cc1ccccc1.O=C(O)CC1CCNC1. The molecule has 2 rings (SSSR count). The highest BCUT2D eigenvalue weighted by molar-refractivity contribution is 5.67. The smallest absolute Gasteiger partial charge is 0.303 e. The Morgan fingerprint density at radius 1 is 1.44 bits per heavy atom. The molecule has 1 aliphatic rings. The number of carbonyl (C=O) groups is 1. The molecule has 16 heavy (non-hydrogen) atoms. The largest absolute Gasteiger partial charge is 0.481 e. The maximum absolute atomic E-state index is 10.1. The van der Waals surface area contributed by atoms with Crippen molar-refractivity contribution in [3.63, 3.8) is 0 Å². The first-order chi connectivity index (χ1) is 7.68. The van der Waals surface area contributed by atoms with Gasteiger partial charge in [-0.3, -0.25) is 4.79 Å². The van der Waals surface area contributed by atoms with Crippen LogP contribution in [0.2, 0.25) is 0 Å². The molecule has 1 unspecified atom stereocenters. The predicted octanol–water partition coefficient (Wildman–Crippen LogP) is 2.07. The molecule has 0 radical (unpaired) electrons. The molecular formula is C13H19NO2. The summed E-state index contributed by atoms with van der Waals surface area (Å²) in [6.07, 6.45) is 1.35. The van der Waals surface area contributed by atoms with Gasteiger partial charge >= 0.3 is 5.97 Å². The minimum atomic E-state index is -0.677. The second-order valence-electron chi connectivity index (χ2n) is 4.11. The number of rotatable bonds is 2. The molecule has 0 bridgehead atoms. The molecule has 3 nitrogen and oxygen atoms in total. The van der Waals surface area contributed by atoms with E-state index in [0.29, 0.717) is 12.3 Å². The molecule has 1 aliphatic heterocycles. The lowest BCUT2D eigenvalue weighted by molar-refractivity contribution is -0.137. The van der Waals surface area contributed by atoms with Gasteiger partial charge in [0.05, 0.1) is 0 Å². The van der Waals surface area contributed by atoms with Gasteiger partial charge in [-0.15, -0.1) is 0 Å². The first-order valence-electron chi connectivity index (χ1n) is 5.62. The Kier molecular flexibility index (Phi) is 5.57. The Morgan fingerprint density at radius 2 is 2.12 bits per heavy atom. The zero-order valence-corrected chi connectivity index (χ0v) is 9.65. The van der Waals surface area contributed by atoms with E-state index in [1.54, 1.807) is 0 Å². The van der Waals surface area contributed by atoms with Crippen LogP contribution in [0.1, 0.15) is 18.4 Å². The number of aryl methyl sites for hydroxylation is 1. The zero-order valence-electron chi connectivity index (χ0n) is 9.65. The average Bonchev–Trinajstić information content (AvgIpc) is 2.71. The second-order valence-corrected chi connectivity index (χ2v) is 4.11. The van der Waals surface area contributed by atoms with Gasteiger partial charge in [-0.2, -0.15) is 0 Å². The van der Waals surface area contributed by atoms with E-state index >= 15 is 0 Å². The van der Waals surface area contributed by atoms with Crippen LogP contribution >= 0.6 is 0 Å². The molecule has 3 heteroatoms. The van der Waals surface area contributed by atoms with E-state index in [1.165, 1.54) is 5.56 Å². The third-order valence-corrected chi connectivity index (χ3v) is 2.57. The average molecular weight is 221 g/mol. The van der Waals surface area contributed by atoms with Crippen LogP contribution in [0.4, 0.5) is 0 Å². The fourth-order valence-corrected chi connectivity index (χ4v) is 1.67. The van der Waals surface area contributed by atoms with E-state index in [4.69, 9.17) is 5.11 Å². The number of carboxylic acids is 1. The molecule has 1 heterocycles. The summed E-state index contributed by atoms with van der Waals surface area (Å²) in [7, 11) is 0. The molecule has 0 amide bonds. The van der Waals surface area contributed by atoms with Crippen LogP contribution in [0.5, 0.6) is 0 Å². The Labute approximate surface area is 96.5 Å². The van der Waals surface area contributed by atoms with Crippen molar-refractivity contribution in [2.24, 2.45) is 5.92 Å². The molecule has 1 fully saturated rings. The van der Waals surface area contributed by atoms with E-state index in [2.05, 4.69) is 24.4 Å². The summed E-state index contributed by atoms with van der Waals surface area (Å²) in [6, 6.07) is 10.3. The fourth-order valence-electron chi connectivity index (χ4n) is 1.67. The highest BCUT2D eigenvalue weighted by atomic mass is 16.4. The molecule has 0 aromatic heterocycles. The van der Waals surface area contributed by atoms with Gasteiger partial charge in [-0.05, 0) is 32.4 Å². The van der Waals surface area contributed by atoms with E-state index < -0.39 is 5.97 Å². The number of hydrogen-bond acceptors (Lipinski definition) is 2. The van der Waals surface area contributed by atoms with E-state index in [0.717, 1.165) is 19.5 Å². The topological polar surface area (TPSA) is 49.3 Å². The fraction of sp³-hybridized carbons (Fsp3) is 0.462. The van der Waals surface area contributed by atoms with Crippen LogP contribution < -0.4 is 5.32 Å². The van der Waals surface area contributed by atoms with Gasteiger partial charge in [-0.25, -0.2) is 0 Å². The van der Waals surface area contributed by atoms with Crippen molar-refractivity contribution in [2.45, 2.75) is 19.8 Å². The standard InChI is InChI=1S/C7H8.C6H11NO2/c1-7-5-3-2-4-6-7;8-6(9)3-5-1-2-7-4-5/h2-6H,1H3;5,7H,1-4H2,(H,8,9). The Bertz CT molecular complexity index is 305. The maximum Gasteiger partial charge on any atom is 0.303 e. The van der Waals surface area contributed by atoms with Crippen molar-refractivity contribution in [2.75, 3.05) is 13.1 Å². The molecule has 1 aromatic rings. The number of aliphatic carboxylic acids is 1. The minimum Gasteiger partial charge on any atom is -0.481 e. The van der Waals surface area contributed by atoms with Gasteiger partial charge in [-0.1, -0.05) is 35.9 Å². The minimum absolute atomic E-state index is 0.326. The Morgan fingerprint density at radius 3 is 2.50 bits per heavy atom. The lowest BCUT2D eigenvalue weighted by Gasteiger charge is -2.00. The van der Waals surface area contributed by atoms with E-state index in [1.807, 2.05) is 18.2 Å². The summed E-state index contributed by atoms with van der Waals surface area (Å²) in [4.78, 5) is 10.1. The second kappa shape index (κ2) is 7.01. The molecular weight excluding hydrogens is 202 g/mol. The normalized spacial score (nSPS) is 18.7. The van der Waals surface area contributed by atoms with Crippen molar-refractivity contribution in [3.05, 3.63) is 35.9 Å². The van der Waals surface area contributed by atoms with Crippen LogP contribution in [-0.4, -0.2) is 24.2 Å². The highest BCUT2D eigenvalue weighted by Gasteiger charge is 2.16. The molecule has 0 saturated carbocycles. The van der Waals surface area contributed by atoms with Gasteiger partial charge in [0.2, 0.25) is 0 Å². The molecule has 88 valence electrons. The van der Waals surface area contributed by atoms with Crippen molar-refractivity contribution in [3.8, 4) is 0 Å². The Balaban J connectivity index is 0.000000165. The zero-order chi connectivity index (χ0) is 11.8. The van der Waals surface area contributed by atoms with Gasteiger partial charge in [0.25, 0.3) is 0 Å². The van der Waals surface area contributed by atoms with Crippen molar-refractivity contribution < 1.29 is 9.90 Å². The van der Waals surface area contributed by atoms with Gasteiger partial charge in [0, 0.05) is 6.42 Å². The lowest BCUT2D eigenvalue weighted by atomic mass is 10.1. The molecule has 0 spiro atoms. The van der Waals surface area contributed by atoms with Crippen LogP contribution in [0.3, 0.4) is 0 Å². The quantitative estimate of drug-likeness (QED) is 0.803. The summed E-state index contributed by atoms with van der Waals surface area (Å²) >= 11 is 0. The molecule has 1 atom stereocenters. The number of hydrogen-bond donors (Lipinski definition) is 2. The van der Waals surface area contributed by atoms with Gasteiger partial charge in [0.15, 0.2) is 0 Å². The Hall–Kier alpha value is -1.35. The summed E-state index contributed by atoms with van der Waals surface area (Å²) in [6.45, 7) is 3.95. The van der Waals surface area contributed by atoms with Crippen molar-refractivity contribution in [1.29, 1.82) is 0 Å². The first kappa shape index (κ1) is 12.7. The van der Waals surface area contributed by atoms with Crippen LogP contribution in [0.15, 0.2) is 30.3 Å². The van der Waals surface area contributed by atoms with Crippen LogP contribution in [0, 0.1) is 12.8 Å². The third-order valence-electron chi connectivity index (χ3n) is 2.57. The van der Waals surface area contributed by atoms with Crippen molar-refractivity contribution >= 4 is 5.97 Å².